The lowest BCUT2D eigenvalue weighted by atomic mass is 10.0. The number of nitrogens with one attached hydrogen (secondary N) is 1. The van der Waals surface area contributed by atoms with Gasteiger partial charge in [-0.25, -0.2) is 0 Å². The van der Waals surface area contributed by atoms with Crippen LogP contribution < -0.4 is 10.1 Å². The maximum Gasteiger partial charge on any atom is 0.161 e. The van der Waals surface area contributed by atoms with Gasteiger partial charge in [0.1, 0.15) is 5.69 Å². The molecule has 0 spiro atoms. The molecule has 1 atom stereocenters. The molecule has 1 N–H and O–H groups in total. The van der Waals surface area contributed by atoms with E-state index in [4.69, 9.17) is 16.3 Å². The molecule has 2 rings (SSSR count). The predicted molar refractivity (Wildman–Crippen MR) is 81.5 cm³/mol. The van der Waals surface area contributed by atoms with E-state index in [1.165, 1.54) is 0 Å². The van der Waals surface area contributed by atoms with Crippen molar-refractivity contribution in [2.75, 3.05) is 14.2 Å². The SMILES string of the molecule is CCn1ncc(OC)c1C(NC)c1ccc(C)cc1Cl. The van der Waals surface area contributed by atoms with Gasteiger partial charge in [0.25, 0.3) is 0 Å². The number of hydrogen-bond acceptors (Lipinski definition) is 3. The molecule has 0 saturated carbocycles. The minimum atomic E-state index is -0.0551. The Bertz CT molecular complexity index is 573. The second-order valence-electron chi connectivity index (χ2n) is 4.66. The van der Waals surface area contributed by atoms with Crippen LogP contribution in [0.1, 0.15) is 29.8 Å². The van der Waals surface area contributed by atoms with Crippen molar-refractivity contribution in [2.45, 2.75) is 26.4 Å². The van der Waals surface area contributed by atoms with Gasteiger partial charge in [-0.05, 0) is 38.1 Å². The minimum Gasteiger partial charge on any atom is -0.493 e. The van der Waals surface area contributed by atoms with Crippen LogP contribution in [0, 0.1) is 6.92 Å². The third kappa shape index (κ3) is 2.67. The lowest BCUT2D eigenvalue weighted by Gasteiger charge is -2.20. The molecule has 1 aromatic carbocycles. The maximum atomic E-state index is 6.40. The van der Waals surface area contributed by atoms with E-state index in [0.29, 0.717) is 0 Å². The average Bonchev–Trinajstić information content (AvgIpc) is 2.85. The zero-order chi connectivity index (χ0) is 14.7. The standard InChI is InChI=1S/C15H20ClN3O/c1-5-19-15(13(20-4)9-18-19)14(17-3)11-7-6-10(2)8-12(11)16/h6-9,14,17H,5H2,1-4H3. The number of hydrogen-bond donors (Lipinski definition) is 1. The van der Waals surface area contributed by atoms with E-state index in [9.17, 15) is 0 Å². The molecule has 108 valence electrons. The molecular formula is C15H20ClN3O. The zero-order valence-corrected chi connectivity index (χ0v) is 13.0. The van der Waals surface area contributed by atoms with Gasteiger partial charge in [-0.2, -0.15) is 5.10 Å². The van der Waals surface area contributed by atoms with Crippen LogP contribution in [0.15, 0.2) is 24.4 Å². The summed E-state index contributed by atoms with van der Waals surface area (Å²) in [4.78, 5) is 0. The topological polar surface area (TPSA) is 39.1 Å². The van der Waals surface area contributed by atoms with Gasteiger partial charge in [-0.3, -0.25) is 4.68 Å². The summed E-state index contributed by atoms with van der Waals surface area (Å²) >= 11 is 6.40. The summed E-state index contributed by atoms with van der Waals surface area (Å²) in [5, 5.41) is 8.41. The molecule has 0 amide bonds. The number of rotatable bonds is 5. The molecule has 0 radical (unpaired) electrons. The predicted octanol–water partition coefficient (Wildman–Crippen LogP) is 3.18. The molecule has 4 nitrogen and oxygen atoms in total. The first-order chi connectivity index (χ1) is 9.62. The van der Waals surface area contributed by atoms with Crippen molar-refractivity contribution in [1.82, 2.24) is 15.1 Å². The van der Waals surface area contributed by atoms with Gasteiger partial charge in [0.2, 0.25) is 0 Å². The minimum absolute atomic E-state index is 0.0551. The summed E-state index contributed by atoms with van der Waals surface area (Å²) in [6.07, 6.45) is 1.74. The third-order valence-electron chi connectivity index (χ3n) is 3.39. The Hall–Kier alpha value is -1.52. The number of aromatic nitrogens is 2. The fraction of sp³-hybridized carbons (Fsp3) is 0.400. The van der Waals surface area contributed by atoms with Crippen molar-refractivity contribution in [3.63, 3.8) is 0 Å². The number of halogens is 1. The Kier molecular flexibility index (Phi) is 4.68. The Morgan fingerprint density at radius 2 is 2.20 bits per heavy atom. The van der Waals surface area contributed by atoms with E-state index >= 15 is 0 Å². The second kappa shape index (κ2) is 6.29. The molecule has 1 aromatic heterocycles. The van der Waals surface area contributed by atoms with Crippen LogP contribution in [0.4, 0.5) is 0 Å². The average molecular weight is 294 g/mol. The number of nitrogens with zero attached hydrogens (tertiary/aromatic N) is 2. The van der Waals surface area contributed by atoms with Crippen LogP contribution in [0.5, 0.6) is 5.75 Å². The normalized spacial score (nSPS) is 12.4. The Morgan fingerprint density at radius 3 is 2.75 bits per heavy atom. The smallest absolute Gasteiger partial charge is 0.161 e. The van der Waals surface area contributed by atoms with Gasteiger partial charge in [-0.15, -0.1) is 0 Å². The van der Waals surface area contributed by atoms with E-state index in [1.54, 1.807) is 13.3 Å². The van der Waals surface area contributed by atoms with E-state index in [-0.39, 0.29) is 6.04 Å². The van der Waals surface area contributed by atoms with Crippen LogP contribution in [-0.2, 0) is 6.54 Å². The number of methoxy groups -OCH3 is 1. The highest BCUT2D eigenvalue weighted by molar-refractivity contribution is 6.31. The third-order valence-corrected chi connectivity index (χ3v) is 3.72. The van der Waals surface area contributed by atoms with Crippen LogP contribution in [-0.4, -0.2) is 23.9 Å². The molecule has 0 bridgehead atoms. The largest absolute Gasteiger partial charge is 0.493 e. The van der Waals surface area contributed by atoms with Crippen molar-refractivity contribution in [2.24, 2.45) is 0 Å². The highest BCUT2D eigenvalue weighted by Crippen LogP contribution is 2.33. The summed E-state index contributed by atoms with van der Waals surface area (Å²) in [7, 11) is 3.57. The summed E-state index contributed by atoms with van der Waals surface area (Å²) in [6.45, 7) is 4.86. The van der Waals surface area contributed by atoms with Crippen LogP contribution >= 0.6 is 11.6 Å². The van der Waals surface area contributed by atoms with Gasteiger partial charge < -0.3 is 10.1 Å². The number of benzene rings is 1. The van der Waals surface area contributed by atoms with Crippen LogP contribution in [0.3, 0.4) is 0 Å². The Morgan fingerprint density at radius 1 is 1.45 bits per heavy atom. The van der Waals surface area contributed by atoms with Crippen LogP contribution in [0.2, 0.25) is 5.02 Å². The second-order valence-corrected chi connectivity index (χ2v) is 5.07. The Balaban J connectivity index is 2.54. The van der Waals surface area contributed by atoms with Crippen molar-refractivity contribution in [3.05, 3.63) is 46.2 Å². The van der Waals surface area contributed by atoms with Crippen molar-refractivity contribution < 1.29 is 4.74 Å². The monoisotopic (exact) mass is 293 g/mol. The summed E-state index contributed by atoms with van der Waals surface area (Å²) in [5.74, 6) is 0.767. The van der Waals surface area contributed by atoms with Crippen molar-refractivity contribution in [3.8, 4) is 5.75 Å². The summed E-state index contributed by atoms with van der Waals surface area (Å²) < 4.78 is 7.36. The lowest BCUT2D eigenvalue weighted by molar-refractivity contribution is 0.401. The van der Waals surface area contributed by atoms with E-state index in [1.807, 2.05) is 30.8 Å². The van der Waals surface area contributed by atoms with Crippen molar-refractivity contribution >= 4 is 11.6 Å². The summed E-state index contributed by atoms with van der Waals surface area (Å²) in [6, 6.07) is 6.02. The quantitative estimate of drug-likeness (QED) is 0.920. The first-order valence-corrected chi connectivity index (χ1v) is 7.03. The van der Waals surface area contributed by atoms with E-state index in [0.717, 1.165) is 34.1 Å². The Labute approximate surface area is 124 Å². The molecular weight excluding hydrogens is 274 g/mol. The molecule has 2 aromatic rings. The summed E-state index contributed by atoms with van der Waals surface area (Å²) in [5.41, 5.74) is 3.15. The van der Waals surface area contributed by atoms with Crippen LogP contribution in [0.25, 0.3) is 0 Å². The van der Waals surface area contributed by atoms with Gasteiger partial charge in [0.05, 0.1) is 19.3 Å². The van der Waals surface area contributed by atoms with Gasteiger partial charge in [0.15, 0.2) is 5.75 Å². The van der Waals surface area contributed by atoms with E-state index < -0.39 is 0 Å². The fourth-order valence-electron chi connectivity index (χ4n) is 2.38. The number of aryl methyl sites for hydroxylation is 2. The molecule has 0 aliphatic rings. The molecule has 0 aliphatic heterocycles. The molecule has 1 unspecified atom stereocenters. The maximum absolute atomic E-state index is 6.40. The molecule has 20 heavy (non-hydrogen) atoms. The number of ether oxygens (including phenoxy) is 1. The van der Waals surface area contributed by atoms with Gasteiger partial charge >= 0.3 is 0 Å². The van der Waals surface area contributed by atoms with Crippen molar-refractivity contribution in [1.29, 1.82) is 0 Å². The molecule has 0 aliphatic carbocycles. The molecule has 1 heterocycles. The van der Waals surface area contributed by atoms with E-state index in [2.05, 4.69) is 23.4 Å². The first-order valence-electron chi connectivity index (χ1n) is 6.65. The van der Waals surface area contributed by atoms with Gasteiger partial charge in [0, 0.05) is 11.6 Å². The van der Waals surface area contributed by atoms with Gasteiger partial charge in [-0.1, -0.05) is 23.7 Å². The molecule has 5 heteroatoms. The molecule has 0 fully saturated rings. The first kappa shape index (κ1) is 14.9. The molecule has 0 saturated heterocycles. The highest BCUT2D eigenvalue weighted by atomic mass is 35.5. The lowest BCUT2D eigenvalue weighted by Crippen LogP contribution is -2.22. The fourth-order valence-corrected chi connectivity index (χ4v) is 2.73. The highest BCUT2D eigenvalue weighted by Gasteiger charge is 2.23. The zero-order valence-electron chi connectivity index (χ0n) is 12.3.